The van der Waals surface area contributed by atoms with Gasteiger partial charge in [-0.2, -0.15) is 10.2 Å². The highest BCUT2D eigenvalue weighted by Crippen LogP contribution is 2.49. The van der Waals surface area contributed by atoms with E-state index in [1.165, 1.54) is 5.69 Å². The van der Waals surface area contributed by atoms with Crippen molar-refractivity contribution >= 4 is 28.9 Å². The molecule has 0 saturated carbocycles. The molecule has 3 heterocycles. The molecule has 2 N–H and O–H groups in total. The monoisotopic (exact) mass is 515 g/mol. The van der Waals surface area contributed by atoms with Gasteiger partial charge in [-0.3, -0.25) is 15.1 Å². The number of urea groups is 1. The van der Waals surface area contributed by atoms with Crippen molar-refractivity contribution in [3.63, 3.8) is 0 Å². The van der Waals surface area contributed by atoms with Gasteiger partial charge in [0.1, 0.15) is 11.7 Å². The third-order valence-corrected chi connectivity index (χ3v) is 7.73. The summed E-state index contributed by atoms with van der Waals surface area (Å²) in [7, 11) is 0. The van der Waals surface area contributed by atoms with Crippen LogP contribution in [0.3, 0.4) is 0 Å². The molecule has 1 aliphatic carbocycles. The fourth-order valence-electron chi connectivity index (χ4n) is 5.61. The van der Waals surface area contributed by atoms with Crippen LogP contribution >= 0.6 is 0 Å². The largest absolute Gasteiger partial charge is 0.379 e. The molecule has 4 aliphatic rings. The van der Waals surface area contributed by atoms with Crippen LogP contribution in [0.15, 0.2) is 58.3 Å². The van der Waals surface area contributed by atoms with Crippen molar-refractivity contribution in [2.24, 2.45) is 10.2 Å². The lowest BCUT2D eigenvalue weighted by molar-refractivity contribution is 0.0207. The van der Waals surface area contributed by atoms with Gasteiger partial charge in [0.25, 0.3) is 0 Å². The van der Waals surface area contributed by atoms with Crippen molar-refractivity contribution in [1.29, 1.82) is 0 Å². The minimum absolute atomic E-state index is 0.138. The van der Waals surface area contributed by atoms with Crippen LogP contribution in [0.4, 0.5) is 16.2 Å². The van der Waals surface area contributed by atoms with Gasteiger partial charge in [0.05, 0.1) is 30.0 Å². The molecule has 1 unspecified atom stereocenters. The number of carbonyl (C=O) groups excluding carboxylic acids is 2. The molecule has 2 aromatic carbocycles. The second-order valence-corrected chi connectivity index (χ2v) is 10.3. The summed E-state index contributed by atoms with van der Waals surface area (Å²) in [6, 6.07) is 13.5. The molecule has 6 rings (SSSR count). The highest BCUT2D eigenvalue weighted by Gasteiger charge is 2.42. The Bertz CT molecular complexity index is 1290. The average molecular weight is 516 g/mol. The summed E-state index contributed by atoms with van der Waals surface area (Å²) in [5.74, 6) is -0.138. The molecular weight excluding hydrogens is 482 g/mol. The highest BCUT2D eigenvalue weighted by atomic mass is 16.5. The van der Waals surface area contributed by atoms with Crippen LogP contribution in [-0.4, -0.2) is 80.2 Å². The van der Waals surface area contributed by atoms with Crippen LogP contribution in [0.2, 0.25) is 0 Å². The number of hydrogen-bond acceptors (Lipinski definition) is 8. The Morgan fingerprint density at radius 3 is 2.45 bits per heavy atom. The lowest BCUT2D eigenvalue weighted by Crippen LogP contribution is -2.49. The predicted octanol–water partition coefficient (Wildman–Crippen LogP) is 3.70. The van der Waals surface area contributed by atoms with Gasteiger partial charge >= 0.3 is 6.03 Å². The fourth-order valence-corrected chi connectivity index (χ4v) is 5.61. The molecular formula is C28H33N7O3. The highest BCUT2D eigenvalue weighted by molar-refractivity contribution is 6.22. The number of Topliss-reactive ketones (excluding diaryl/α,β-unsaturated/α-hetero) is 1. The van der Waals surface area contributed by atoms with E-state index in [0.717, 1.165) is 37.3 Å². The Labute approximate surface area is 222 Å². The van der Waals surface area contributed by atoms with Gasteiger partial charge in [-0.1, -0.05) is 24.3 Å². The van der Waals surface area contributed by atoms with Gasteiger partial charge in [0.2, 0.25) is 0 Å². The number of ketones is 1. The number of nitrogens with one attached hydrogen (secondary N) is 2. The number of hydrogen-bond donors (Lipinski definition) is 2. The number of amides is 2. The van der Waals surface area contributed by atoms with Crippen LogP contribution in [-0.2, 0) is 4.74 Å². The number of ether oxygens (including phenoxy) is 1. The number of anilines is 2. The number of morpholine rings is 1. The van der Waals surface area contributed by atoms with E-state index in [4.69, 9.17) is 4.74 Å². The molecule has 2 amide bonds. The molecule has 2 fully saturated rings. The quantitative estimate of drug-likeness (QED) is 0.630. The molecule has 38 heavy (non-hydrogen) atoms. The van der Waals surface area contributed by atoms with Gasteiger partial charge in [-0.25, -0.2) is 9.80 Å². The average Bonchev–Trinajstić information content (AvgIpc) is 3.49. The first-order valence-corrected chi connectivity index (χ1v) is 13.3. The summed E-state index contributed by atoms with van der Waals surface area (Å²) in [5.41, 5.74) is 7.79. The molecule has 2 aromatic rings. The number of carbonyl (C=O) groups is 2. The van der Waals surface area contributed by atoms with Crippen LogP contribution in [0.5, 0.6) is 0 Å². The van der Waals surface area contributed by atoms with E-state index in [0.29, 0.717) is 54.9 Å². The van der Waals surface area contributed by atoms with Crippen molar-refractivity contribution in [2.45, 2.75) is 25.9 Å². The molecule has 0 radical (unpaired) electrons. The molecule has 1 atom stereocenters. The first-order valence-electron chi connectivity index (χ1n) is 13.3. The third-order valence-electron chi connectivity index (χ3n) is 7.73. The summed E-state index contributed by atoms with van der Waals surface area (Å²) in [4.78, 5) is 31.2. The summed E-state index contributed by atoms with van der Waals surface area (Å²) in [6.07, 6.45) is 0. The second kappa shape index (κ2) is 10.3. The first-order chi connectivity index (χ1) is 18.5. The maximum Gasteiger partial charge on any atom is 0.333 e. The summed E-state index contributed by atoms with van der Waals surface area (Å²) < 4.78 is 5.33. The van der Waals surface area contributed by atoms with Crippen LogP contribution in [0.25, 0.3) is 5.70 Å². The molecule has 0 spiro atoms. The van der Waals surface area contributed by atoms with Gasteiger partial charge in [-0.05, 0) is 37.6 Å². The van der Waals surface area contributed by atoms with E-state index in [9.17, 15) is 9.59 Å². The zero-order chi connectivity index (χ0) is 26.2. The molecule has 10 heteroatoms. The lowest BCUT2D eigenvalue weighted by atomic mass is 10.0. The van der Waals surface area contributed by atoms with E-state index >= 15 is 0 Å². The third kappa shape index (κ3) is 4.59. The number of nitrogens with zero attached hydrogens (tertiary/aromatic N) is 5. The molecule has 198 valence electrons. The minimum atomic E-state index is -0.444. The Morgan fingerprint density at radius 1 is 1.00 bits per heavy atom. The Kier molecular flexibility index (Phi) is 6.69. The van der Waals surface area contributed by atoms with Crippen molar-refractivity contribution < 1.29 is 14.3 Å². The van der Waals surface area contributed by atoms with E-state index in [1.807, 2.05) is 24.3 Å². The Balaban J connectivity index is 1.20. The van der Waals surface area contributed by atoms with Gasteiger partial charge in [0.15, 0.2) is 5.78 Å². The summed E-state index contributed by atoms with van der Waals surface area (Å²) in [5, 5.41) is 13.6. The predicted molar refractivity (Wildman–Crippen MR) is 145 cm³/mol. The summed E-state index contributed by atoms with van der Waals surface area (Å²) >= 11 is 0. The fraction of sp³-hybridized carbons (Fsp3) is 0.429. The minimum Gasteiger partial charge on any atom is -0.379 e. The molecule has 2 saturated heterocycles. The zero-order valence-corrected chi connectivity index (χ0v) is 21.8. The topological polar surface area (TPSA) is 102 Å². The van der Waals surface area contributed by atoms with Crippen molar-refractivity contribution in [2.75, 3.05) is 62.7 Å². The maximum absolute atomic E-state index is 13.7. The van der Waals surface area contributed by atoms with Crippen LogP contribution < -0.4 is 15.6 Å². The molecule has 0 aromatic heterocycles. The lowest BCUT2D eigenvalue weighted by Gasteiger charge is -2.38. The van der Waals surface area contributed by atoms with E-state index in [1.54, 1.807) is 11.1 Å². The SMILES string of the molecule is CC(C)N1CCN(c2ccc(C3=C4C(=O)c5c(NC(=O)NN6CCOCC6)cccc5C4N=N3)cc2)CC1. The number of benzene rings is 2. The molecule has 3 aliphatic heterocycles. The summed E-state index contributed by atoms with van der Waals surface area (Å²) in [6.45, 7) is 10.9. The number of azo groups is 1. The number of rotatable bonds is 5. The van der Waals surface area contributed by atoms with Crippen LogP contribution in [0.1, 0.15) is 41.4 Å². The normalized spacial score (nSPS) is 21.7. The van der Waals surface area contributed by atoms with Crippen molar-refractivity contribution in [3.8, 4) is 0 Å². The van der Waals surface area contributed by atoms with Crippen molar-refractivity contribution in [3.05, 3.63) is 64.7 Å². The van der Waals surface area contributed by atoms with Gasteiger partial charge in [-0.15, -0.1) is 0 Å². The van der Waals surface area contributed by atoms with Crippen LogP contribution in [0, 0.1) is 0 Å². The van der Waals surface area contributed by atoms with Gasteiger partial charge in [0, 0.05) is 56.6 Å². The maximum atomic E-state index is 13.7. The van der Waals surface area contributed by atoms with E-state index < -0.39 is 6.04 Å². The molecule has 10 nitrogen and oxygen atoms in total. The number of piperazine rings is 1. The standard InChI is InChI=1S/C28H33N7O3/c1-18(2)33-10-12-34(13-11-33)20-8-6-19(7-9-20)25-24-26(31-30-25)21-4-3-5-22(23(21)27(24)36)29-28(37)32-35-14-16-38-17-15-35/h3-9,18,26H,10-17H2,1-2H3,(H2,29,32,37). The Hall–Kier alpha value is -3.60. The smallest absolute Gasteiger partial charge is 0.333 e. The zero-order valence-electron chi connectivity index (χ0n) is 21.8. The first kappa shape index (κ1) is 24.7. The second-order valence-electron chi connectivity index (χ2n) is 10.3. The number of hydrazine groups is 1. The molecule has 0 bridgehead atoms. The van der Waals surface area contributed by atoms with Crippen molar-refractivity contribution in [1.82, 2.24) is 15.3 Å². The number of fused-ring (bicyclic) bond motifs is 3. The van der Waals surface area contributed by atoms with E-state index in [-0.39, 0.29) is 11.8 Å². The Morgan fingerprint density at radius 2 is 1.74 bits per heavy atom. The van der Waals surface area contributed by atoms with E-state index in [2.05, 4.69) is 56.8 Å². The van der Waals surface area contributed by atoms with Gasteiger partial charge < -0.3 is 15.0 Å².